The van der Waals surface area contributed by atoms with Gasteiger partial charge in [-0.2, -0.15) is 0 Å². The van der Waals surface area contributed by atoms with E-state index in [-0.39, 0.29) is 17.1 Å². The number of nitrogens with one attached hydrogen (secondary N) is 1. The lowest BCUT2D eigenvalue weighted by Gasteiger charge is -2.46. The predicted molar refractivity (Wildman–Crippen MR) is 63.0 cm³/mol. The van der Waals surface area contributed by atoms with Crippen LogP contribution in [0.5, 0.6) is 0 Å². The third-order valence-electron chi connectivity index (χ3n) is 4.00. The molecule has 2 heterocycles. The van der Waals surface area contributed by atoms with Crippen molar-refractivity contribution in [1.82, 2.24) is 5.32 Å². The van der Waals surface area contributed by atoms with E-state index in [1.165, 1.54) is 0 Å². The standard InChI is InChI=1S/C11H21NO3S/c1-3-10(4-2)5-7-12-11(15-10)6-8-16(13,14)9-11/h12H,3-9H2,1-2H3. The lowest BCUT2D eigenvalue weighted by Crippen LogP contribution is -2.60. The van der Waals surface area contributed by atoms with Gasteiger partial charge in [0.15, 0.2) is 9.84 Å². The van der Waals surface area contributed by atoms with Gasteiger partial charge in [-0.1, -0.05) is 13.8 Å². The highest BCUT2D eigenvalue weighted by molar-refractivity contribution is 7.91. The van der Waals surface area contributed by atoms with E-state index in [0.717, 1.165) is 25.8 Å². The zero-order chi connectivity index (χ0) is 11.9. The molecule has 5 heteroatoms. The van der Waals surface area contributed by atoms with Crippen LogP contribution in [0.4, 0.5) is 0 Å². The second kappa shape index (κ2) is 3.96. The Balaban J connectivity index is 2.19. The van der Waals surface area contributed by atoms with Crippen molar-refractivity contribution in [3.63, 3.8) is 0 Å². The van der Waals surface area contributed by atoms with E-state index in [4.69, 9.17) is 4.74 Å². The molecule has 0 amide bonds. The molecule has 0 aromatic carbocycles. The highest BCUT2D eigenvalue weighted by atomic mass is 32.2. The van der Waals surface area contributed by atoms with Crippen LogP contribution in [0, 0.1) is 0 Å². The first-order valence-corrected chi connectivity index (χ1v) is 7.93. The third kappa shape index (κ3) is 2.13. The van der Waals surface area contributed by atoms with E-state index >= 15 is 0 Å². The maximum absolute atomic E-state index is 11.6. The van der Waals surface area contributed by atoms with Crippen molar-refractivity contribution in [1.29, 1.82) is 0 Å². The van der Waals surface area contributed by atoms with Crippen LogP contribution in [0.15, 0.2) is 0 Å². The van der Waals surface area contributed by atoms with Crippen LogP contribution < -0.4 is 5.32 Å². The van der Waals surface area contributed by atoms with Gasteiger partial charge in [0.05, 0.1) is 17.1 Å². The maximum atomic E-state index is 11.6. The van der Waals surface area contributed by atoms with Gasteiger partial charge in [-0.05, 0) is 19.3 Å². The Morgan fingerprint density at radius 1 is 1.25 bits per heavy atom. The molecule has 2 rings (SSSR count). The van der Waals surface area contributed by atoms with Gasteiger partial charge in [0.1, 0.15) is 5.72 Å². The second-order valence-corrected chi connectivity index (χ2v) is 7.19. The summed E-state index contributed by atoms with van der Waals surface area (Å²) in [6.07, 6.45) is 3.47. The quantitative estimate of drug-likeness (QED) is 0.793. The average molecular weight is 247 g/mol. The van der Waals surface area contributed by atoms with Crippen molar-refractivity contribution in [3.05, 3.63) is 0 Å². The Morgan fingerprint density at radius 2 is 1.94 bits per heavy atom. The molecule has 1 atom stereocenters. The molecule has 0 radical (unpaired) electrons. The monoisotopic (exact) mass is 247 g/mol. The van der Waals surface area contributed by atoms with Crippen LogP contribution in [0.2, 0.25) is 0 Å². The first-order valence-electron chi connectivity index (χ1n) is 6.10. The van der Waals surface area contributed by atoms with Crippen LogP contribution in [0.3, 0.4) is 0 Å². The molecule has 16 heavy (non-hydrogen) atoms. The lowest BCUT2D eigenvalue weighted by atomic mass is 9.90. The van der Waals surface area contributed by atoms with E-state index in [1.54, 1.807) is 0 Å². The van der Waals surface area contributed by atoms with Gasteiger partial charge >= 0.3 is 0 Å². The largest absolute Gasteiger partial charge is 0.353 e. The molecular weight excluding hydrogens is 226 g/mol. The highest BCUT2D eigenvalue weighted by Gasteiger charge is 2.50. The van der Waals surface area contributed by atoms with E-state index in [1.807, 2.05) is 0 Å². The van der Waals surface area contributed by atoms with Gasteiger partial charge in [0, 0.05) is 13.0 Å². The molecule has 2 aliphatic rings. The topological polar surface area (TPSA) is 55.4 Å². The molecule has 2 saturated heterocycles. The van der Waals surface area contributed by atoms with Gasteiger partial charge in [-0.3, -0.25) is 5.32 Å². The Bertz CT molecular complexity index is 361. The van der Waals surface area contributed by atoms with Crippen molar-refractivity contribution in [3.8, 4) is 0 Å². The van der Waals surface area contributed by atoms with Crippen molar-refractivity contribution in [2.24, 2.45) is 0 Å². The Morgan fingerprint density at radius 3 is 2.44 bits per heavy atom. The Hall–Kier alpha value is -0.130. The van der Waals surface area contributed by atoms with Crippen molar-refractivity contribution >= 4 is 9.84 Å². The minimum Gasteiger partial charge on any atom is -0.353 e. The van der Waals surface area contributed by atoms with Gasteiger partial charge in [0.25, 0.3) is 0 Å². The molecule has 0 aliphatic carbocycles. The van der Waals surface area contributed by atoms with Gasteiger partial charge in [0.2, 0.25) is 0 Å². The summed E-state index contributed by atoms with van der Waals surface area (Å²) in [5, 5.41) is 3.27. The minimum absolute atomic E-state index is 0.120. The number of sulfone groups is 1. The zero-order valence-corrected chi connectivity index (χ0v) is 10.9. The fourth-order valence-electron chi connectivity index (χ4n) is 2.81. The van der Waals surface area contributed by atoms with Crippen LogP contribution in [0.25, 0.3) is 0 Å². The summed E-state index contributed by atoms with van der Waals surface area (Å²) in [4.78, 5) is 0. The fraction of sp³-hybridized carbons (Fsp3) is 1.00. The molecule has 0 aromatic heterocycles. The van der Waals surface area contributed by atoms with Gasteiger partial charge < -0.3 is 4.74 Å². The van der Waals surface area contributed by atoms with Crippen LogP contribution in [-0.4, -0.2) is 37.8 Å². The predicted octanol–water partition coefficient (Wildman–Crippen LogP) is 1.07. The van der Waals surface area contributed by atoms with Crippen molar-refractivity contribution < 1.29 is 13.2 Å². The molecule has 0 saturated carbocycles. The van der Waals surface area contributed by atoms with Gasteiger partial charge in [-0.15, -0.1) is 0 Å². The molecule has 2 aliphatic heterocycles. The molecule has 2 fully saturated rings. The summed E-state index contributed by atoms with van der Waals surface area (Å²) in [6.45, 7) is 5.09. The van der Waals surface area contributed by atoms with E-state index in [0.29, 0.717) is 6.42 Å². The normalized spacial score (nSPS) is 36.6. The number of hydrogen-bond acceptors (Lipinski definition) is 4. The Kier molecular flexibility index (Phi) is 3.05. The van der Waals surface area contributed by atoms with Crippen LogP contribution in [0.1, 0.15) is 39.5 Å². The summed E-state index contributed by atoms with van der Waals surface area (Å²) in [6, 6.07) is 0. The summed E-state index contributed by atoms with van der Waals surface area (Å²) < 4.78 is 29.3. The van der Waals surface area contributed by atoms with Crippen LogP contribution >= 0.6 is 0 Å². The van der Waals surface area contributed by atoms with Crippen molar-refractivity contribution in [2.45, 2.75) is 50.9 Å². The fourth-order valence-corrected chi connectivity index (χ4v) is 4.61. The number of hydrogen-bond donors (Lipinski definition) is 1. The summed E-state index contributed by atoms with van der Waals surface area (Å²) >= 11 is 0. The lowest BCUT2D eigenvalue weighted by molar-refractivity contribution is -0.191. The van der Waals surface area contributed by atoms with E-state index in [2.05, 4.69) is 19.2 Å². The molecule has 0 bridgehead atoms. The second-order valence-electron chi connectivity index (χ2n) is 5.01. The third-order valence-corrected chi connectivity index (χ3v) is 5.73. The minimum atomic E-state index is -2.91. The van der Waals surface area contributed by atoms with E-state index in [9.17, 15) is 8.42 Å². The average Bonchev–Trinajstić information content (AvgIpc) is 2.54. The maximum Gasteiger partial charge on any atom is 0.154 e. The SMILES string of the molecule is CCC1(CC)CCNC2(CCS(=O)(=O)C2)O1. The molecule has 1 unspecified atom stereocenters. The molecule has 1 spiro atoms. The Labute approximate surface area is 97.7 Å². The summed E-state index contributed by atoms with van der Waals surface area (Å²) in [5.74, 6) is 0.394. The first-order chi connectivity index (χ1) is 7.45. The first kappa shape index (κ1) is 12.3. The number of rotatable bonds is 2. The summed E-state index contributed by atoms with van der Waals surface area (Å²) in [5.41, 5.74) is -0.714. The molecular formula is C11H21NO3S. The molecule has 0 aromatic rings. The zero-order valence-electron chi connectivity index (χ0n) is 10.1. The smallest absolute Gasteiger partial charge is 0.154 e. The van der Waals surface area contributed by atoms with E-state index < -0.39 is 15.6 Å². The molecule has 4 nitrogen and oxygen atoms in total. The van der Waals surface area contributed by atoms with Crippen molar-refractivity contribution in [2.75, 3.05) is 18.1 Å². The molecule has 94 valence electrons. The molecule has 1 N–H and O–H groups in total. The van der Waals surface area contributed by atoms with Gasteiger partial charge in [-0.25, -0.2) is 8.42 Å². The summed E-state index contributed by atoms with van der Waals surface area (Å²) in [7, 11) is -2.91. The highest BCUT2D eigenvalue weighted by Crippen LogP contribution is 2.37. The number of ether oxygens (including phenoxy) is 1. The van der Waals surface area contributed by atoms with Crippen LogP contribution in [-0.2, 0) is 14.6 Å².